The molecule has 0 aliphatic heterocycles. The van der Waals surface area contributed by atoms with Gasteiger partial charge in [0.05, 0.1) is 0 Å². The van der Waals surface area contributed by atoms with Crippen molar-refractivity contribution in [3.63, 3.8) is 0 Å². The molecule has 1 unspecified atom stereocenters. The molecule has 0 fully saturated rings. The lowest BCUT2D eigenvalue weighted by Crippen LogP contribution is -2.30. The van der Waals surface area contributed by atoms with E-state index >= 15 is 0 Å². The molecule has 0 aromatic carbocycles. The molecule has 0 heterocycles. The molecule has 0 saturated carbocycles. The molecule has 0 aliphatic rings. The molecule has 6 nitrogen and oxygen atoms in total. The van der Waals surface area contributed by atoms with Gasteiger partial charge in [-0.25, -0.2) is 0 Å². The molecule has 0 bridgehead atoms. The zero-order valence-corrected chi connectivity index (χ0v) is 46.7. The predicted molar refractivity (Wildman–Crippen MR) is 307 cm³/mol. The van der Waals surface area contributed by atoms with E-state index in [9.17, 15) is 14.4 Å². The number of hydrogen-bond donors (Lipinski definition) is 0. The second-order valence-corrected chi connectivity index (χ2v) is 19.9. The number of unbranched alkanes of at least 4 members (excludes halogenated alkanes) is 29. The van der Waals surface area contributed by atoms with Gasteiger partial charge in [0.25, 0.3) is 0 Å². The molecule has 0 radical (unpaired) electrons. The quantitative estimate of drug-likeness (QED) is 0.0261. The van der Waals surface area contributed by atoms with Gasteiger partial charge in [0.1, 0.15) is 13.2 Å². The standard InChI is InChI=1S/C65H112O6/c1-4-7-10-13-16-19-22-25-27-29-30-31-32-33-34-36-37-40-43-46-49-52-55-58-64(67)70-61-62(60-69-63(66)57-54-51-48-45-42-39-24-21-18-15-12-9-6-3)71-65(68)59-56-53-50-47-44-41-38-35-28-26-23-20-17-14-11-8-5-2/h12,15,17,20-22,24-26,28-30,32-33,62H,4-11,13-14,16,18-19,23,27,31,34-61H2,1-3H3/b15-12-,20-17-,24-21-,25-22-,28-26-,30-29-,33-32-. The number of carbonyl (C=O) groups is 3. The van der Waals surface area contributed by atoms with Crippen LogP contribution in [0, 0.1) is 0 Å². The zero-order valence-electron chi connectivity index (χ0n) is 46.7. The highest BCUT2D eigenvalue weighted by Gasteiger charge is 2.19. The van der Waals surface area contributed by atoms with Crippen molar-refractivity contribution in [2.45, 2.75) is 297 Å². The van der Waals surface area contributed by atoms with E-state index in [1.807, 2.05) is 0 Å². The Balaban J connectivity index is 4.37. The first-order valence-corrected chi connectivity index (χ1v) is 30.1. The van der Waals surface area contributed by atoms with Crippen LogP contribution in [0.1, 0.15) is 290 Å². The monoisotopic (exact) mass is 989 g/mol. The number of ether oxygens (including phenoxy) is 3. The van der Waals surface area contributed by atoms with Crippen LogP contribution in [0.15, 0.2) is 85.1 Å². The van der Waals surface area contributed by atoms with Crippen molar-refractivity contribution in [3.05, 3.63) is 85.1 Å². The molecule has 0 aliphatic carbocycles. The third-order valence-electron chi connectivity index (χ3n) is 12.8. The summed E-state index contributed by atoms with van der Waals surface area (Å²) in [6.45, 7) is 6.53. The van der Waals surface area contributed by atoms with Crippen molar-refractivity contribution in [2.75, 3.05) is 13.2 Å². The fourth-order valence-corrected chi connectivity index (χ4v) is 8.28. The lowest BCUT2D eigenvalue weighted by Gasteiger charge is -2.18. The summed E-state index contributed by atoms with van der Waals surface area (Å²) in [4.78, 5) is 38.2. The van der Waals surface area contributed by atoms with Gasteiger partial charge < -0.3 is 14.2 Å². The third kappa shape index (κ3) is 57.4. The van der Waals surface area contributed by atoms with Crippen LogP contribution in [0.4, 0.5) is 0 Å². The minimum Gasteiger partial charge on any atom is -0.462 e. The molecule has 0 rings (SSSR count). The highest BCUT2D eigenvalue weighted by atomic mass is 16.6. The van der Waals surface area contributed by atoms with Crippen LogP contribution in [0.3, 0.4) is 0 Å². The predicted octanol–water partition coefficient (Wildman–Crippen LogP) is 20.3. The van der Waals surface area contributed by atoms with Crippen LogP contribution in [-0.4, -0.2) is 37.2 Å². The van der Waals surface area contributed by atoms with Gasteiger partial charge in [-0.1, -0.05) is 241 Å². The molecule has 6 heteroatoms. The molecule has 0 amide bonds. The highest BCUT2D eigenvalue weighted by molar-refractivity contribution is 5.71. The molecule has 0 spiro atoms. The lowest BCUT2D eigenvalue weighted by molar-refractivity contribution is -0.167. The van der Waals surface area contributed by atoms with Gasteiger partial charge in [-0.3, -0.25) is 14.4 Å². The molecule has 0 saturated heterocycles. The lowest BCUT2D eigenvalue weighted by atomic mass is 10.1. The average molecular weight is 990 g/mol. The van der Waals surface area contributed by atoms with Crippen LogP contribution in [-0.2, 0) is 28.6 Å². The Kier molecular flexibility index (Phi) is 56.3. The molecule has 0 aromatic heterocycles. The summed E-state index contributed by atoms with van der Waals surface area (Å²) >= 11 is 0. The van der Waals surface area contributed by atoms with E-state index in [1.165, 1.54) is 128 Å². The van der Waals surface area contributed by atoms with Crippen LogP contribution in [0.5, 0.6) is 0 Å². The summed E-state index contributed by atoms with van der Waals surface area (Å²) in [5, 5.41) is 0. The first kappa shape index (κ1) is 67.6. The molecule has 1 atom stereocenters. The summed E-state index contributed by atoms with van der Waals surface area (Å²) in [7, 11) is 0. The van der Waals surface area contributed by atoms with Gasteiger partial charge in [-0.05, 0) is 116 Å². The first-order chi connectivity index (χ1) is 35.0. The average Bonchev–Trinajstić information content (AvgIpc) is 3.37. The smallest absolute Gasteiger partial charge is 0.306 e. The fourth-order valence-electron chi connectivity index (χ4n) is 8.28. The van der Waals surface area contributed by atoms with E-state index in [0.717, 1.165) is 122 Å². The number of esters is 3. The van der Waals surface area contributed by atoms with E-state index < -0.39 is 6.10 Å². The van der Waals surface area contributed by atoms with Crippen LogP contribution in [0.2, 0.25) is 0 Å². The van der Waals surface area contributed by atoms with E-state index in [4.69, 9.17) is 14.2 Å². The number of rotatable bonds is 54. The Morgan fingerprint density at radius 2 is 0.535 bits per heavy atom. The SMILES string of the molecule is CCC/C=C\C/C=C\CCCCCCCC(=O)OCC(COC(=O)CCCCCCCCCC/C=C\C/C=C\C/C=C\CCCCCCC)OC(=O)CCCCCCCCC/C=C\C/C=C\CCCCC. The molecule has 408 valence electrons. The number of hydrogen-bond acceptors (Lipinski definition) is 6. The van der Waals surface area contributed by atoms with Crippen molar-refractivity contribution in [3.8, 4) is 0 Å². The Labute approximate surface area is 439 Å². The Bertz CT molecular complexity index is 1370. The fraction of sp³-hybridized carbons (Fsp3) is 0.738. The van der Waals surface area contributed by atoms with Crippen molar-refractivity contribution < 1.29 is 28.6 Å². The Hall–Kier alpha value is -3.41. The zero-order chi connectivity index (χ0) is 51.4. The van der Waals surface area contributed by atoms with Crippen molar-refractivity contribution in [2.24, 2.45) is 0 Å². The van der Waals surface area contributed by atoms with Crippen LogP contribution >= 0.6 is 0 Å². The summed E-state index contributed by atoms with van der Waals surface area (Å²) in [5.74, 6) is -0.911. The topological polar surface area (TPSA) is 78.9 Å². The van der Waals surface area contributed by atoms with E-state index in [-0.39, 0.29) is 31.1 Å². The van der Waals surface area contributed by atoms with Gasteiger partial charge >= 0.3 is 17.9 Å². The van der Waals surface area contributed by atoms with Crippen LogP contribution in [0.25, 0.3) is 0 Å². The largest absolute Gasteiger partial charge is 0.462 e. The van der Waals surface area contributed by atoms with Gasteiger partial charge in [0.15, 0.2) is 6.10 Å². The van der Waals surface area contributed by atoms with Crippen molar-refractivity contribution in [1.82, 2.24) is 0 Å². The summed E-state index contributed by atoms with van der Waals surface area (Å²) in [6, 6.07) is 0. The Morgan fingerprint density at radius 3 is 0.873 bits per heavy atom. The van der Waals surface area contributed by atoms with E-state index in [0.29, 0.717) is 19.3 Å². The summed E-state index contributed by atoms with van der Waals surface area (Å²) in [6.07, 6.45) is 77.1. The van der Waals surface area contributed by atoms with E-state index in [2.05, 4.69) is 106 Å². The summed E-state index contributed by atoms with van der Waals surface area (Å²) < 4.78 is 16.9. The number of carbonyl (C=O) groups excluding carboxylic acids is 3. The summed E-state index contributed by atoms with van der Waals surface area (Å²) in [5.41, 5.74) is 0. The van der Waals surface area contributed by atoms with Crippen molar-refractivity contribution >= 4 is 17.9 Å². The first-order valence-electron chi connectivity index (χ1n) is 30.1. The minimum absolute atomic E-state index is 0.0882. The molecular formula is C65H112O6. The third-order valence-corrected chi connectivity index (χ3v) is 12.8. The maximum atomic E-state index is 12.9. The van der Waals surface area contributed by atoms with Gasteiger partial charge in [-0.2, -0.15) is 0 Å². The van der Waals surface area contributed by atoms with Crippen LogP contribution < -0.4 is 0 Å². The van der Waals surface area contributed by atoms with Gasteiger partial charge in [-0.15, -0.1) is 0 Å². The van der Waals surface area contributed by atoms with E-state index in [1.54, 1.807) is 0 Å². The Morgan fingerprint density at radius 1 is 0.282 bits per heavy atom. The highest BCUT2D eigenvalue weighted by Crippen LogP contribution is 2.15. The molecule has 0 aromatic rings. The van der Waals surface area contributed by atoms with Gasteiger partial charge in [0.2, 0.25) is 0 Å². The maximum absolute atomic E-state index is 12.9. The minimum atomic E-state index is -0.791. The normalized spacial score (nSPS) is 12.7. The van der Waals surface area contributed by atoms with Gasteiger partial charge in [0, 0.05) is 19.3 Å². The molecule has 71 heavy (non-hydrogen) atoms. The number of allylic oxidation sites excluding steroid dienone is 14. The molecule has 0 N–H and O–H groups in total. The maximum Gasteiger partial charge on any atom is 0.306 e. The van der Waals surface area contributed by atoms with Crippen molar-refractivity contribution in [1.29, 1.82) is 0 Å². The molecular weight excluding hydrogens is 877 g/mol. The second-order valence-electron chi connectivity index (χ2n) is 19.9. The second kappa shape index (κ2) is 59.2.